The van der Waals surface area contributed by atoms with Gasteiger partial charge in [0.2, 0.25) is 11.8 Å². The zero-order valence-corrected chi connectivity index (χ0v) is 17.0. The van der Waals surface area contributed by atoms with Crippen molar-refractivity contribution in [3.05, 3.63) is 25.3 Å². The number of nitrogens with zero attached hydrogens (tertiary/aromatic N) is 1. The Morgan fingerprint density at radius 3 is 1.80 bits per heavy atom. The average Bonchev–Trinajstić information content (AvgIpc) is 2.53. The predicted molar refractivity (Wildman–Crippen MR) is 85.4 cm³/mol. The summed E-state index contributed by atoms with van der Waals surface area (Å²) in [5, 5.41) is 10.9. The van der Waals surface area contributed by atoms with Gasteiger partial charge < -0.3 is 14.6 Å². The van der Waals surface area contributed by atoms with Crippen LogP contribution in [0.1, 0.15) is 44.9 Å². The molecule has 0 saturated heterocycles. The van der Waals surface area contributed by atoms with Crippen LogP contribution in [0.3, 0.4) is 0 Å². The number of ether oxygens (including phenoxy) is 1. The van der Waals surface area contributed by atoms with E-state index in [1.807, 2.05) is 0 Å². The smallest absolute Gasteiger partial charge is 0.550 e. The Balaban J connectivity index is 0. The molecule has 0 aliphatic rings. The summed E-state index contributed by atoms with van der Waals surface area (Å²) in [6.45, 7) is 7.08. The number of amides is 2. The normalized spacial score (nSPS) is 10.8. The molecule has 1 atom stereocenters. The molecule has 0 N–H and O–H groups in total. The van der Waals surface area contributed by atoms with E-state index in [9.17, 15) is 24.3 Å². The Morgan fingerprint density at radius 2 is 1.48 bits per heavy atom. The maximum Gasteiger partial charge on any atom is 1.00 e. The van der Waals surface area contributed by atoms with Gasteiger partial charge in [0.05, 0.1) is 7.11 Å². The van der Waals surface area contributed by atoms with Crippen LogP contribution < -0.4 is 34.7 Å². The molecule has 0 radical (unpaired) electrons. The van der Waals surface area contributed by atoms with Crippen molar-refractivity contribution in [2.75, 3.05) is 7.11 Å². The minimum Gasteiger partial charge on any atom is -0.550 e. The third kappa shape index (κ3) is 10.2. The van der Waals surface area contributed by atoms with Crippen LogP contribution in [0.4, 0.5) is 0 Å². The average molecular weight is 361 g/mol. The zero-order chi connectivity index (χ0) is 18.5. The van der Waals surface area contributed by atoms with Gasteiger partial charge in [-0.15, -0.1) is 13.2 Å². The summed E-state index contributed by atoms with van der Waals surface area (Å²) >= 11 is 0. The number of methoxy groups -OCH3 is 1. The number of unbranched alkanes of at least 4 members (excludes halogenated alkanes) is 2. The summed E-state index contributed by atoms with van der Waals surface area (Å²) in [4.78, 5) is 48.2. The fraction of sp³-hybridized carbons (Fsp3) is 0.529. The predicted octanol–water partition coefficient (Wildman–Crippen LogP) is -2.26. The van der Waals surface area contributed by atoms with Gasteiger partial charge in [0, 0.05) is 25.2 Å². The van der Waals surface area contributed by atoms with E-state index in [1.54, 1.807) is 12.2 Å². The van der Waals surface area contributed by atoms with Crippen molar-refractivity contribution >= 4 is 23.8 Å². The van der Waals surface area contributed by atoms with Crippen molar-refractivity contribution in [3.63, 3.8) is 0 Å². The SMILES string of the molecule is C=CCCCC(=O)N(C(=O)CCCC=C)C(CC(=O)[O-])C(=O)OC.[Na+]. The molecular weight excluding hydrogens is 337 g/mol. The number of allylic oxidation sites excluding steroid dienone is 2. The Bertz CT molecular complexity index is 466. The van der Waals surface area contributed by atoms with Crippen molar-refractivity contribution in [2.24, 2.45) is 0 Å². The quantitative estimate of drug-likeness (QED) is 0.168. The number of carbonyl (C=O) groups excluding carboxylic acids is 4. The number of hydrogen-bond acceptors (Lipinski definition) is 6. The number of esters is 1. The van der Waals surface area contributed by atoms with Crippen LogP contribution in [0.15, 0.2) is 25.3 Å². The largest absolute Gasteiger partial charge is 1.00 e. The molecule has 0 bridgehead atoms. The summed E-state index contributed by atoms with van der Waals surface area (Å²) in [7, 11) is 1.06. The minimum absolute atomic E-state index is 0. The van der Waals surface area contributed by atoms with Crippen LogP contribution in [0.2, 0.25) is 0 Å². The standard InChI is InChI=1S/C17H25NO6.Na/c1-4-6-8-10-14(19)18(15(20)11-9-7-5-2)13(12-16(21)22)17(23)24-3;/h4-5,13H,1-2,6-12H2,3H3,(H,21,22);/q;+1/p-1. The zero-order valence-electron chi connectivity index (χ0n) is 15.0. The molecule has 134 valence electrons. The van der Waals surface area contributed by atoms with Gasteiger partial charge in [-0.25, -0.2) is 4.79 Å². The molecular formula is C17H24NNaO6. The molecule has 0 saturated carbocycles. The van der Waals surface area contributed by atoms with Crippen molar-refractivity contribution in [1.82, 2.24) is 4.90 Å². The van der Waals surface area contributed by atoms with Crippen molar-refractivity contribution < 1.29 is 58.6 Å². The van der Waals surface area contributed by atoms with Gasteiger partial charge in [0.1, 0.15) is 6.04 Å². The van der Waals surface area contributed by atoms with E-state index in [2.05, 4.69) is 17.9 Å². The number of carboxylic acids is 1. The van der Waals surface area contributed by atoms with Crippen LogP contribution in [-0.2, 0) is 23.9 Å². The topological polar surface area (TPSA) is 104 Å². The molecule has 0 aliphatic carbocycles. The first-order valence-electron chi connectivity index (χ1n) is 7.73. The molecule has 7 nitrogen and oxygen atoms in total. The fourth-order valence-corrected chi connectivity index (χ4v) is 2.10. The van der Waals surface area contributed by atoms with Crippen LogP contribution >= 0.6 is 0 Å². The molecule has 8 heteroatoms. The Labute approximate surface area is 170 Å². The number of carboxylic acid groups (broad SMARTS) is 1. The van der Waals surface area contributed by atoms with Crippen molar-refractivity contribution in [1.29, 1.82) is 0 Å². The van der Waals surface area contributed by atoms with Gasteiger partial charge >= 0.3 is 35.5 Å². The number of hydrogen-bond donors (Lipinski definition) is 0. The third-order valence-corrected chi connectivity index (χ3v) is 3.28. The van der Waals surface area contributed by atoms with E-state index < -0.39 is 36.2 Å². The third-order valence-electron chi connectivity index (χ3n) is 3.28. The number of carbonyl (C=O) groups is 4. The number of aliphatic carboxylic acids is 1. The maximum absolute atomic E-state index is 12.4. The molecule has 0 heterocycles. The van der Waals surface area contributed by atoms with E-state index in [1.165, 1.54) is 0 Å². The number of imide groups is 1. The van der Waals surface area contributed by atoms with Crippen LogP contribution in [-0.4, -0.2) is 41.8 Å². The van der Waals surface area contributed by atoms with Crippen molar-refractivity contribution in [3.8, 4) is 0 Å². The van der Waals surface area contributed by atoms with Crippen LogP contribution in [0.5, 0.6) is 0 Å². The molecule has 0 fully saturated rings. The summed E-state index contributed by atoms with van der Waals surface area (Å²) in [5.41, 5.74) is 0. The second-order valence-corrected chi connectivity index (χ2v) is 5.13. The van der Waals surface area contributed by atoms with Gasteiger partial charge in [-0.3, -0.25) is 14.5 Å². The molecule has 1 unspecified atom stereocenters. The van der Waals surface area contributed by atoms with E-state index >= 15 is 0 Å². The van der Waals surface area contributed by atoms with Gasteiger partial charge in [0.15, 0.2) is 0 Å². The maximum atomic E-state index is 12.4. The molecule has 0 rings (SSSR count). The van der Waals surface area contributed by atoms with Gasteiger partial charge in [0.25, 0.3) is 0 Å². The molecule has 0 spiro atoms. The first kappa shape index (κ1) is 25.8. The van der Waals surface area contributed by atoms with Gasteiger partial charge in [-0.1, -0.05) is 12.2 Å². The molecule has 0 aromatic heterocycles. The molecule has 0 aromatic carbocycles. The van der Waals surface area contributed by atoms with Crippen LogP contribution in [0, 0.1) is 0 Å². The fourth-order valence-electron chi connectivity index (χ4n) is 2.10. The number of rotatable bonds is 12. The van der Waals surface area contributed by atoms with Gasteiger partial charge in [-0.2, -0.15) is 0 Å². The Morgan fingerprint density at radius 1 is 1.04 bits per heavy atom. The van der Waals surface area contributed by atoms with E-state index in [0.29, 0.717) is 30.6 Å². The second-order valence-electron chi connectivity index (χ2n) is 5.13. The summed E-state index contributed by atoms with van der Waals surface area (Å²) in [5.74, 6) is -3.74. The summed E-state index contributed by atoms with van der Waals surface area (Å²) < 4.78 is 4.54. The van der Waals surface area contributed by atoms with E-state index in [0.717, 1.165) is 7.11 Å². The molecule has 25 heavy (non-hydrogen) atoms. The van der Waals surface area contributed by atoms with Crippen molar-refractivity contribution in [2.45, 2.75) is 51.0 Å². The Hall–Kier alpha value is -1.44. The molecule has 0 aromatic rings. The van der Waals surface area contributed by atoms with Gasteiger partial charge in [-0.05, 0) is 25.7 Å². The second kappa shape index (κ2) is 14.9. The van der Waals surface area contributed by atoms with E-state index in [4.69, 9.17) is 0 Å². The first-order chi connectivity index (χ1) is 11.4. The summed E-state index contributed by atoms with van der Waals surface area (Å²) in [6.07, 6.45) is 4.47. The minimum atomic E-state index is -1.55. The Kier molecular flexibility index (Phi) is 15.3. The monoisotopic (exact) mass is 361 g/mol. The molecule has 0 aliphatic heterocycles. The van der Waals surface area contributed by atoms with Crippen LogP contribution in [0.25, 0.3) is 0 Å². The first-order valence-corrected chi connectivity index (χ1v) is 7.73. The van der Waals surface area contributed by atoms with E-state index in [-0.39, 0.29) is 42.4 Å². The summed E-state index contributed by atoms with van der Waals surface area (Å²) in [6, 6.07) is -1.52. The molecule has 2 amide bonds.